The number of thiazole rings is 1. The third-order valence-corrected chi connectivity index (χ3v) is 6.33. The summed E-state index contributed by atoms with van der Waals surface area (Å²) >= 11 is 7.60. The summed E-state index contributed by atoms with van der Waals surface area (Å²) in [6, 6.07) is 12.0. The molecule has 0 aliphatic heterocycles. The molecule has 0 fully saturated rings. The van der Waals surface area contributed by atoms with Crippen LogP contribution in [0.15, 0.2) is 41.8 Å². The molecule has 1 amide bonds. The van der Waals surface area contributed by atoms with Gasteiger partial charge in [0.15, 0.2) is 5.13 Å². The molecule has 0 unspecified atom stereocenters. The van der Waals surface area contributed by atoms with Crippen LogP contribution in [0.5, 0.6) is 0 Å². The van der Waals surface area contributed by atoms with Crippen LogP contribution in [0.3, 0.4) is 0 Å². The van der Waals surface area contributed by atoms with Crippen LogP contribution in [-0.2, 0) is 6.54 Å². The van der Waals surface area contributed by atoms with Crippen LogP contribution >= 0.6 is 22.9 Å². The maximum Gasteiger partial charge on any atom is 0.274 e. The highest BCUT2D eigenvalue weighted by molar-refractivity contribution is 7.14. The van der Waals surface area contributed by atoms with E-state index in [4.69, 9.17) is 11.6 Å². The predicted molar refractivity (Wildman–Crippen MR) is 122 cm³/mol. The second-order valence-electron chi connectivity index (χ2n) is 7.17. The van der Waals surface area contributed by atoms with Crippen molar-refractivity contribution in [1.82, 2.24) is 9.55 Å². The third-order valence-electron chi connectivity index (χ3n) is 5.34. The number of amides is 1. The van der Waals surface area contributed by atoms with Crippen LogP contribution in [-0.4, -0.2) is 15.5 Å². The van der Waals surface area contributed by atoms with Gasteiger partial charge in [-0.05, 0) is 68.7 Å². The van der Waals surface area contributed by atoms with Crippen LogP contribution in [0.25, 0.3) is 22.2 Å². The molecule has 148 valence electrons. The van der Waals surface area contributed by atoms with Gasteiger partial charge in [0.05, 0.1) is 5.69 Å². The lowest BCUT2D eigenvalue weighted by molar-refractivity contribution is 0.101. The van der Waals surface area contributed by atoms with Gasteiger partial charge in [-0.3, -0.25) is 10.1 Å². The van der Waals surface area contributed by atoms with E-state index in [0.29, 0.717) is 22.4 Å². The summed E-state index contributed by atoms with van der Waals surface area (Å²) in [4.78, 5) is 17.7. The molecule has 0 atom stereocenters. The van der Waals surface area contributed by atoms with E-state index in [1.807, 2.05) is 42.0 Å². The molecule has 6 heteroatoms. The number of nitrogens with one attached hydrogen (secondary N) is 1. The zero-order chi connectivity index (χ0) is 20.7. The monoisotopic (exact) mass is 423 g/mol. The molecule has 4 aromatic rings. The molecule has 2 heterocycles. The molecular formula is C23H22ClN3OS. The van der Waals surface area contributed by atoms with E-state index in [9.17, 15) is 4.79 Å². The molecule has 0 saturated carbocycles. The molecule has 0 spiro atoms. The lowest BCUT2D eigenvalue weighted by atomic mass is 10.1. The molecule has 2 aromatic carbocycles. The molecule has 0 aliphatic rings. The van der Waals surface area contributed by atoms with Crippen molar-refractivity contribution in [3.63, 3.8) is 0 Å². The SMILES string of the molecule is CCn1c(C(=O)Nc2nc(-c3ccc(C)c(C)c3)cs2)c(C)c2cc(Cl)ccc21. The summed E-state index contributed by atoms with van der Waals surface area (Å²) in [6.45, 7) is 8.87. The lowest BCUT2D eigenvalue weighted by Crippen LogP contribution is -2.17. The molecule has 2 aromatic heterocycles. The first-order valence-electron chi connectivity index (χ1n) is 9.52. The van der Waals surface area contributed by atoms with Crippen molar-refractivity contribution >= 4 is 44.9 Å². The molecule has 1 N–H and O–H groups in total. The summed E-state index contributed by atoms with van der Waals surface area (Å²) < 4.78 is 2.02. The highest BCUT2D eigenvalue weighted by Crippen LogP contribution is 2.30. The lowest BCUT2D eigenvalue weighted by Gasteiger charge is -2.08. The number of fused-ring (bicyclic) bond motifs is 1. The smallest absolute Gasteiger partial charge is 0.274 e. The van der Waals surface area contributed by atoms with E-state index >= 15 is 0 Å². The first kappa shape index (κ1) is 19.7. The number of aromatic nitrogens is 2. The number of hydrogen-bond donors (Lipinski definition) is 1. The Labute approximate surface area is 179 Å². The van der Waals surface area contributed by atoms with E-state index in [2.05, 4.69) is 42.3 Å². The standard InChI is InChI=1S/C23H22ClN3OS/c1-5-27-20-9-8-17(24)11-18(20)15(4)21(27)22(28)26-23-25-19(12-29-23)16-7-6-13(2)14(3)10-16/h6-12H,5H2,1-4H3,(H,25,26,28). The predicted octanol–water partition coefficient (Wildman–Crippen LogP) is 6.62. The summed E-state index contributed by atoms with van der Waals surface area (Å²) in [7, 11) is 0. The van der Waals surface area contributed by atoms with Gasteiger partial charge in [-0.15, -0.1) is 11.3 Å². The molecular weight excluding hydrogens is 402 g/mol. The molecule has 0 radical (unpaired) electrons. The average Bonchev–Trinajstić information content (AvgIpc) is 3.26. The van der Waals surface area contributed by atoms with Crippen molar-refractivity contribution in [2.24, 2.45) is 0 Å². The zero-order valence-corrected chi connectivity index (χ0v) is 18.4. The van der Waals surface area contributed by atoms with Gasteiger partial charge < -0.3 is 4.57 Å². The Balaban J connectivity index is 1.66. The Hall–Kier alpha value is -2.63. The van der Waals surface area contributed by atoms with Crippen LogP contribution in [0, 0.1) is 20.8 Å². The minimum atomic E-state index is -0.155. The third kappa shape index (κ3) is 3.56. The number of halogens is 1. The van der Waals surface area contributed by atoms with Gasteiger partial charge in [-0.2, -0.15) is 0 Å². The number of hydrogen-bond acceptors (Lipinski definition) is 3. The number of anilines is 1. The van der Waals surface area contributed by atoms with Gasteiger partial charge in [0, 0.05) is 33.4 Å². The minimum Gasteiger partial charge on any atom is -0.337 e. The highest BCUT2D eigenvalue weighted by atomic mass is 35.5. The molecule has 0 saturated heterocycles. The minimum absolute atomic E-state index is 0.155. The highest BCUT2D eigenvalue weighted by Gasteiger charge is 2.21. The Morgan fingerprint density at radius 1 is 1.14 bits per heavy atom. The quantitative estimate of drug-likeness (QED) is 0.401. The Kier molecular flexibility index (Phi) is 5.19. The van der Waals surface area contributed by atoms with E-state index in [1.165, 1.54) is 22.5 Å². The van der Waals surface area contributed by atoms with Crippen molar-refractivity contribution in [3.05, 3.63) is 69.2 Å². The van der Waals surface area contributed by atoms with E-state index in [0.717, 1.165) is 27.7 Å². The van der Waals surface area contributed by atoms with Gasteiger partial charge in [0.2, 0.25) is 0 Å². The molecule has 0 bridgehead atoms. The molecule has 4 rings (SSSR count). The van der Waals surface area contributed by atoms with Gasteiger partial charge in [-0.25, -0.2) is 4.98 Å². The van der Waals surface area contributed by atoms with Crippen LogP contribution < -0.4 is 5.32 Å². The summed E-state index contributed by atoms with van der Waals surface area (Å²) in [5.41, 5.74) is 6.98. The molecule has 4 nitrogen and oxygen atoms in total. The summed E-state index contributed by atoms with van der Waals surface area (Å²) in [5, 5.41) is 7.21. The Morgan fingerprint density at radius 2 is 1.93 bits per heavy atom. The van der Waals surface area contributed by atoms with E-state index in [1.54, 1.807) is 0 Å². The number of rotatable bonds is 4. The van der Waals surface area contributed by atoms with Gasteiger partial charge in [-0.1, -0.05) is 23.7 Å². The molecule has 29 heavy (non-hydrogen) atoms. The van der Waals surface area contributed by atoms with Crippen molar-refractivity contribution in [2.45, 2.75) is 34.2 Å². The summed E-state index contributed by atoms with van der Waals surface area (Å²) in [6.07, 6.45) is 0. The first-order chi connectivity index (χ1) is 13.9. The Morgan fingerprint density at radius 3 is 2.66 bits per heavy atom. The fourth-order valence-corrected chi connectivity index (χ4v) is 4.52. The second kappa shape index (κ2) is 7.65. The maximum atomic E-state index is 13.1. The van der Waals surface area contributed by atoms with Crippen molar-refractivity contribution in [2.75, 3.05) is 5.32 Å². The number of carbonyl (C=O) groups is 1. The van der Waals surface area contributed by atoms with Crippen molar-refractivity contribution < 1.29 is 4.79 Å². The van der Waals surface area contributed by atoms with Crippen molar-refractivity contribution in [3.8, 4) is 11.3 Å². The van der Waals surface area contributed by atoms with E-state index < -0.39 is 0 Å². The Bertz CT molecular complexity index is 1240. The zero-order valence-electron chi connectivity index (χ0n) is 16.8. The van der Waals surface area contributed by atoms with E-state index in [-0.39, 0.29) is 5.91 Å². The van der Waals surface area contributed by atoms with Crippen LogP contribution in [0.2, 0.25) is 5.02 Å². The average molecular weight is 424 g/mol. The van der Waals surface area contributed by atoms with Crippen LogP contribution in [0.1, 0.15) is 34.1 Å². The molecule has 0 aliphatic carbocycles. The number of nitrogens with zero attached hydrogens (tertiary/aromatic N) is 2. The first-order valence-corrected chi connectivity index (χ1v) is 10.8. The normalized spacial score (nSPS) is 11.2. The fourth-order valence-electron chi connectivity index (χ4n) is 3.64. The fraction of sp³-hybridized carbons (Fsp3) is 0.217. The maximum absolute atomic E-state index is 13.1. The number of benzene rings is 2. The van der Waals surface area contributed by atoms with Gasteiger partial charge >= 0.3 is 0 Å². The van der Waals surface area contributed by atoms with Crippen molar-refractivity contribution in [1.29, 1.82) is 0 Å². The number of aryl methyl sites for hydroxylation is 4. The number of carbonyl (C=O) groups excluding carboxylic acids is 1. The summed E-state index contributed by atoms with van der Waals surface area (Å²) in [5.74, 6) is -0.155. The second-order valence-corrected chi connectivity index (χ2v) is 8.46. The van der Waals surface area contributed by atoms with Crippen LogP contribution in [0.4, 0.5) is 5.13 Å². The largest absolute Gasteiger partial charge is 0.337 e. The van der Waals surface area contributed by atoms with Gasteiger partial charge in [0.1, 0.15) is 5.69 Å². The van der Waals surface area contributed by atoms with Gasteiger partial charge in [0.25, 0.3) is 5.91 Å². The topological polar surface area (TPSA) is 46.9 Å².